The number of halogens is 2. The second-order valence-corrected chi connectivity index (χ2v) is 9.48. The molecule has 0 heterocycles. The molecule has 2 fully saturated rings. The Morgan fingerprint density at radius 3 is 2.44 bits per heavy atom. The fraction of sp³-hybridized carbons (Fsp3) is 0.680. The standard InChI is InChI=1S/C25H34F2/c1-2-3-17-4-6-21-15-23(10-8-19(21)12-17)24-11-9-20-13-18(14-25(26)27)5-7-22(20)16-24/h4,6,12,14,18,20,22-24H,2-3,5,7-11,13,15-16H2,1H3. The number of rotatable bonds is 4. The van der Waals surface area contributed by atoms with Crippen molar-refractivity contribution in [2.24, 2.45) is 29.6 Å². The van der Waals surface area contributed by atoms with Gasteiger partial charge in [0.05, 0.1) is 0 Å². The zero-order chi connectivity index (χ0) is 18.8. The van der Waals surface area contributed by atoms with Crippen LogP contribution < -0.4 is 0 Å². The Balaban J connectivity index is 1.36. The zero-order valence-electron chi connectivity index (χ0n) is 16.7. The highest BCUT2D eigenvalue weighted by molar-refractivity contribution is 5.34. The van der Waals surface area contributed by atoms with Crippen molar-refractivity contribution in [3.8, 4) is 0 Å². The summed E-state index contributed by atoms with van der Waals surface area (Å²) in [6.07, 6.45) is 13.1. The first-order valence-corrected chi connectivity index (χ1v) is 11.3. The Hall–Kier alpha value is -1.18. The van der Waals surface area contributed by atoms with E-state index in [1.165, 1.54) is 69.4 Å². The van der Waals surface area contributed by atoms with E-state index in [4.69, 9.17) is 0 Å². The third-order valence-corrected chi connectivity index (χ3v) is 7.80. The van der Waals surface area contributed by atoms with Crippen molar-refractivity contribution in [1.29, 1.82) is 0 Å². The van der Waals surface area contributed by atoms with E-state index in [0.29, 0.717) is 5.92 Å². The van der Waals surface area contributed by atoms with E-state index in [1.807, 2.05) is 0 Å². The SMILES string of the molecule is CCCc1ccc2c(c1)CCC(C1CCC3CC(C=C(F)F)CCC3C1)C2. The van der Waals surface area contributed by atoms with Gasteiger partial charge in [0, 0.05) is 0 Å². The largest absolute Gasteiger partial charge is 0.266 e. The van der Waals surface area contributed by atoms with E-state index in [1.54, 1.807) is 11.1 Å². The average molecular weight is 373 g/mol. The van der Waals surface area contributed by atoms with Crippen LogP contribution in [0.4, 0.5) is 8.78 Å². The zero-order valence-corrected chi connectivity index (χ0v) is 16.7. The Morgan fingerprint density at radius 2 is 1.67 bits per heavy atom. The van der Waals surface area contributed by atoms with Gasteiger partial charge >= 0.3 is 0 Å². The van der Waals surface area contributed by atoms with Crippen LogP contribution in [0.2, 0.25) is 0 Å². The van der Waals surface area contributed by atoms with E-state index in [2.05, 4.69) is 25.1 Å². The van der Waals surface area contributed by atoms with Crippen molar-refractivity contribution in [1.82, 2.24) is 0 Å². The maximum Gasteiger partial charge on any atom is 0.266 e. The van der Waals surface area contributed by atoms with Gasteiger partial charge in [-0.1, -0.05) is 31.5 Å². The lowest BCUT2D eigenvalue weighted by atomic mass is 9.61. The predicted molar refractivity (Wildman–Crippen MR) is 108 cm³/mol. The summed E-state index contributed by atoms with van der Waals surface area (Å²) in [5.41, 5.74) is 4.71. The minimum atomic E-state index is -1.48. The fourth-order valence-electron chi connectivity index (χ4n) is 6.40. The smallest absolute Gasteiger partial charge is 0.174 e. The monoisotopic (exact) mass is 372 g/mol. The number of allylic oxidation sites excluding steroid dienone is 1. The lowest BCUT2D eigenvalue weighted by Gasteiger charge is -2.44. The first kappa shape index (κ1) is 19.2. The molecule has 27 heavy (non-hydrogen) atoms. The van der Waals surface area contributed by atoms with Crippen molar-refractivity contribution in [2.75, 3.05) is 0 Å². The van der Waals surface area contributed by atoms with Crippen LogP contribution in [0.25, 0.3) is 0 Å². The number of aryl methyl sites for hydroxylation is 2. The molecule has 5 atom stereocenters. The van der Waals surface area contributed by atoms with Crippen LogP contribution in [-0.2, 0) is 19.3 Å². The second kappa shape index (κ2) is 8.45. The van der Waals surface area contributed by atoms with Gasteiger partial charge in [0.1, 0.15) is 0 Å². The molecule has 0 aromatic heterocycles. The number of benzene rings is 1. The predicted octanol–water partition coefficient (Wildman–Crippen LogP) is 7.36. The van der Waals surface area contributed by atoms with Crippen LogP contribution in [0.15, 0.2) is 30.4 Å². The van der Waals surface area contributed by atoms with Crippen molar-refractivity contribution in [3.63, 3.8) is 0 Å². The lowest BCUT2D eigenvalue weighted by Crippen LogP contribution is -2.34. The minimum Gasteiger partial charge on any atom is -0.174 e. The quantitative estimate of drug-likeness (QED) is 0.518. The summed E-state index contributed by atoms with van der Waals surface area (Å²) in [5.74, 6) is 3.33. The average Bonchev–Trinajstić information content (AvgIpc) is 2.67. The Kier molecular flexibility index (Phi) is 5.99. The van der Waals surface area contributed by atoms with Gasteiger partial charge < -0.3 is 0 Å². The summed E-state index contributed by atoms with van der Waals surface area (Å²) in [4.78, 5) is 0. The molecule has 0 saturated heterocycles. The highest BCUT2D eigenvalue weighted by atomic mass is 19.3. The molecule has 2 saturated carbocycles. The van der Waals surface area contributed by atoms with Gasteiger partial charge in [-0.05, 0) is 117 Å². The Bertz CT molecular complexity index is 673. The van der Waals surface area contributed by atoms with Gasteiger partial charge in [0.2, 0.25) is 0 Å². The first-order chi connectivity index (χ1) is 13.1. The first-order valence-electron chi connectivity index (χ1n) is 11.3. The van der Waals surface area contributed by atoms with E-state index >= 15 is 0 Å². The molecule has 0 N–H and O–H groups in total. The molecule has 0 aliphatic heterocycles. The molecule has 2 heteroatoms. The van der Waals surface area contributed by atoms with E-state index in [9.17, 15) is 8.78 Å². The molecule has 0 radical (unpaired) electrons. The normalized spacial score (nSPS) is 33.1. The number of hydrogen-bond acceptors (Lipinski definition) is 0. The molecule has 3 aliphatic rings. The molecular formula is C25H34F2. The molecule has 0 amide bonds. The minimum absolute atomic E-state index is 0.131. The molecule has 1 aromatic carbocycles. The maximum absolute atomic E-state index is 12.6. The van der Waals surface area contributed by atoms with E-state index < -0.39 is 6.08 Å². The summed E-state index contributed by atoms with van der Waals surface area (Å²) in [6.45, 7) is 2.25. The van der Waals surface area contributed by atoms with E-state index in [0.717, 1.165) is 30.6 Å². The summed E-state index contributed by atoms with van der Waals surface area (Å²) < 4.78 is 25.2. The topological polar surface area (TPSA) is 0 Å². The highest BCUT2D eigenvalue weighted by Gasteiger charge is 2.38. The lowest BCUT2D eigenvalue weighted by molar-refractivity contribution is 0.0803. The van der Waals surface area contributed by atoms with Crippen LogP contribution in [0.5, 0.6) is 0 Å². The summed E-state index contributed by atoms with van der Waals surface area (Å²) in [5, 5.41) is 0. The van der Waals surface area contributed by atoms with Crippen LogP contribution >= 0.6 is 0 Å². The Labute approximate surface area is 163 Å². The van der Waals surface area contributed by atoms with Gasteiger partial charge in [-0.25, -0.2) is 0 Å². The van der Waals surface area contributed by atoms with Gasteiger partial charge in [0.25, 0.3) is 6.08 Å². The molecule has 5 unspecified atom stereocenters. The van der Waals surface area contributed by atoms with Gasteiger partial charge in [-0.2, -0.15) is 8.78 Å². The molecule has 148 valence electrons. The van der Waals surface area contributed by atoms with Gasteiger partial charge in [0.15, 0.2) is 0 Å². The molecule has 0 spiro atoms. The third kappa shape index (κ3) is 4.46. The molecular weight excluding hydrogens is 338 g/mol. The molecule has 4 rings (SSSR count). The van der Waals surface area contributed by atoms with Crippen molar-refractivity contribution in [2.45, 2.75) is 77.6 Å². The second-order valence-electron chi connectivity index (χ2n) is 9.48. The molecule has 1 aromatic rings. The fourth-order valence-corrected chi connectivity index (χ4v) is 6.40. The third-order valence-electron chi connectivity index (χ3n) is 7.80. The summed E-state index contributed by atoms with van der Waals surface area (Å²) >= 11 is 0. The van der Waals surface area contributed by atoms with Crippen molar-refractivity contribution in [3.05, 3.63) is 47.0 Å². The number of hydrogen-bond donors (Lipinski definition) is 0. The Morgan fingerprint density at radius 1 is 0.926 bits per heavy atom. The highest BCUT2D eigenvalue weighted by Crippen LogP contribution is 2.48. The van der Waals surface area contributed by atoms with Crippen LogP contribution in [0, 0.1) is 29.6 Å². The molecule has 0 bridgehead atoms. The van der Waals surface area contributed by atoms with Crippen LogP contribution in [-0.4, -0.2) is 0 Å². The van der Waals surface area contributed by atoms with Gasteiger partial charge in [-0.15, -0.1) is 0 Å². The maximum atomic E-state index is 12.6. The van der Waals surface area contributed by atoms with Crippen LogP contribution in [0.3, 0.4) is 0 Å². The molecule has 3 aliphatic carbocycles. The summed E-state index contributed by atoms with van der Waals surface area (Å²) in [7, 11) is 0. The van der Waals surface area contributed by atoms with Crippen molar-refractivity contribution < 1.29 is 8.78 Å². The van der Waals surface area contributed by atoms with E-state index in [-0.39, 0.29) is 5.92 Å². The number of fused-ring (bicyclic) bond motifs is 2. The van der Waals surface area contributed by atoms with Crippen molar-refractivity contribution >= 4 is 0 Å². The van der Waals surface area contributed by atoms with Gasteiger partial charge in [-0.3, -0.25) is 0 Å². The summed E-state index contributed by atoms with van der Waals surface area (Å²) in [6, 6.07) is 7.21. The van der Waals surface area contributed by atoms with Crippen LogP contribution in [0.1, 0.15) is 75.0 Å². The molecule has 0 nitrogen and oxygen atoms in total.